The fourth-order valence-corrected chi connectivity index (χ4v) is 3.94. The largest absolute Gasteiger partial charge is 0.353 e. The fraction of sp³-hybridized carbons (Fsp3) is 0.688. The molecule has 0 N–H and O–H groups in total. The number of aromatic nitrogens is 4. The van der Waals surface area contributed by atoms with Gasteiger partial charge in [0.25, 0.3) is 0 Å². The van der Waals surface area contributed by atoms with E-state index in [1.54, 1.807) is 6.33 Å². The minimum Gasteiger partial charge on any atom is -0.353 e. The molecule has 5 nitrogen and oxygen atoms in total. The third-order valence-corrected chi connectivity index (χ3v) is 5.09. The maximum atomic E-state index is 4.61. The van der Waals surface area contributed by atoms with Crippen LogP contribution in [0.5, 0.6) is 0 Å². The zero-order valence-electron chi connectivity index (χ0n) is 13.6. The Bertz CT molecular complexity index is 651. The van der Waals surface area contributed by atoms with Gasteiger partial charge in [-0.3, -0.25) is 0 Å². The Morgan fingerprint density at radius 3 is 2.91 bits per heavy atom. The van der Waals surface area contributed by atoms with Gasteiger partial charge in [0, 0.05) is 19.6 Å². The Kier molecular flexibility index (Phi) is 4.66. The van der Waals surface area contributed by atoms with Crippen molar-refractivity contribution in [2.45, 2.75) is 52.0 Å². The molecule has 0 unspecified atom stereocenters. The van der Waals surface area contributed by atoms with Gasteiger partial charge in [0.1, 0.15) is 16.7 Å². The maximum Gasteiger partial charge on any atom is 0.164 e. The molecule has 0 spiro atoms. The molecule has 1 atom stereocenters. The summed E-state index contributed by atoms with van der Waals surface area (Å²) in [4.78, 5) is 11.5. The molecule has 22 heavy (non-hydrogen) atoms. The van der Waals surface area contributed by atoms with Crippen LogP contribution in [0.15, 0.2) is 10.9 Å². The number of piperidine rings is 1. The van der Waals surface area contributed by atoms with Crippen LogP contribution < -0.4 is 4.90 Å². The summed E-state index contributed by atoms with van der Waals surface area (Å²) in [5.41, 5.74) is 0.894. The first-order valence-electron chi connectivity index (χ1n) is 8.17. The van der Waals surface area contributed by atoms with E-state index in [9.17, 15) is 0 Å². The van der Waals surface area contributed by atoms with Crippen molar-refractivity contribution in [1.29, 1.82) is 0 Å². The first-order valence-corrected chi connectivity index (χ1v) is 8.97. The number of aryl methyl sites for hydroxylation is 1. The third-order valence-electron chi connectivity index (χ3n) is 4.53. The summed E-state index contributed by atoms with van der Waals surface area (Å²) in [5, 5.41) is 5.49. The van der Waals surface area contributed by atoms with Crippen LogP contribution in [0.25, 0.3) is 11.0 Å². The van der Waals surface area contributed by atoms with E-state index >= 15 is 0 Å². The molecule has 0 saturated carbocycles. The molecule has 2 aromatic heterocycles. The van der Waals surface area contributed by atoms with E-state index < -0.39 is 0 Å². The van der Waals surface area contributed by atoms with Gasteiger partial charge < -0.3 is 4.90 Å². The third kappa shape index (κ3) is 2.98. The summed E-state index contributed by atoms with van der Waals surface area (Å²) < 4.78 is 2.66. The molecule has 0 amide bonds. The number of rotatable bonds is 4. The van der Waals surface area contributed by atoms with Gasteiger partial charge in [0.2, 0.25) is 0 Å². The van der Waals surface area contributed by atoms with Gasteiger partial charge in [0.15, 0.2) is 5.65 Å². The number of hydrogen-bond donors (Lipinski definition) is 0. The minimum absolute atomic E-state index is 0.585. The summed E-state index contributed by atoms with van der Waals surface area (Å²) >= 11 is 3.58. The highest BCUT2D eigenvalue weighted by Gasteiger charge is 2.27. The lowest BCUT2D eigenvalue weighted by atomic mass is 9.94. The van der Waals surface area contributed by atoms with Crippen LogP contribution in [0.4, 0.5) is 5.82 Å². The predicted molar refractivity (Wildman–Crippen MR) is 93.1 cm³/mol. The molecule has 1 aliphatic heterocycles. The van der Waals surface area contributed by atoms with E-state index in [2.05, 4.69) is 49.7 Å². The average Bonchev–Trinajstić information content (AvgIpc) is 2.80. The van der Waals surface area contributed by atoms with Crippen LogP contribution in [-0.4, -0.2) is 32.3 Å². The minimum atomic E-state index is 0.585. The summed E-state index contributed by atoms with van der Waals surface area (Å²) in [6, 6.07) is 0.585. The zero-order valence-corrected chi connectivity index (χ0v) is 15.2. The van der Waals surface area contributed by atoms with Crippen molar-refractivity contribution in [3.05, 3.63) is 10.9 Å². The number of halogens is 1. The molecule has 120 valence electrons. The smallest absolute Gasteiger partial charge is 0.164 e. The fourth-order valence-electron chi connectivity index (χ4n) is 3.35. The van der Waals surface area contributed by atoms with Gasteiger partial charge in [0.05, 0.1) is 5.39 Å². The molecule has 2 aromatic rings. The average molecular weight is 366 g/mol. The van der Waals surface area contributed by atoms with E-state index in [1.165, 1.54) is 32.1 Å². The Hall–Kier alpha value is -1.17. The van der Waals surface area contributed by atoms with Crippen LogP contribution in [0.3, 0.4) is 0 Å². The van der Waals surface area contributed by atoms with Crippen LogP contribution >= 0.6 is 15.9 Å². The van der Waals surface area contributed by atoms with Crippen molar-refractivity contribution < 1.29 is 0 Å². The zero-order chi connectivity index (χ0) is 15.7. The molecule has 6 heteroatoms. The number of fused-ring (bicyclic) bond motifs is 1. The van der Waals surface area contributed by atoms with Crippen molar-refractivity contribution in [1.82, 2.24) is 19.7 Å². The monoisotopic (exact) mass is 365 g/mol. The lowest BCUT2D eigenvalue weighted by Gasteiger charge is -2.37. The summed E-state index contributed by atoms with van der Waals surface area (Å²) in [5.74, 6) is 1.79. The van der Waals surface area contributed by atoms with E-state index in [4.69, 9.17) is 0 Å². The molecule has 1 saturated heterocycles. The molecule has 1 aliphatic rings. The second-order valence-corrected chi connectivity index (χ2v) is 7.38. The van der Waals surface area contributed by atoms with Crippen molar-refractivity contribution in [2.75, 3.05) is 11.4 Å². The van der Waals surface area contributed by atoms with Crippen LogP contribution in [-0.2, 0) is 7.05 Å². The molecule has 0 aromatic carbocycles. The number of nitrogens with zero attached hydrogens (tertiary/aromatic N) is 5. The molecular weight excluding hydrogens is 342 g/mol. The van der Waals surface area contributed by atoms with Gasteiger partial charge in [-0.1, -0.05) is 13.8 Å². The lowest BCUT2D eigenvalue weighted by molar-refractivity contribution is 0.402. The van der Waals surface area contributed by atoms with Crippen molar-refractivity contribution in [3.8, 4) is 0 Å². The summed E-state index contributed by atoms with van der Waals surface area (Å²) in [6.45, 7) is 5.68. The number of anilines is 1. The van der Waals surface area contributed by atoms with Crippen LogP contribution in [0, 0.1) is 5.92 Å². The predicted octanol–water partition coefficient (Wildman–Crippen LogP) is 3.92. The normalized spacial score (nSPS) is 19.3. The highest BCUT2D eigenvalue weighted by Crippen LogP contribution is 2.34. The van der Waals surface area contributed by atoms with Gasteiger partial charge >= 0.3 is 0 Å². The molecule has 0 bridgehead atoms. The lowest BCUT2D eigenvalue weighted by Crippen LogP contribution is -2.40. The molecule has 3 rings (SSSR count). The van der Waals surface area contributed by atoms with Crippen molar-refractivity contribution in [2.24, 2.45) is 13.0 Å². The standard InChI is InChI=1S/C16H24BrN5/c1-11(2)7-8-12-6-4-5-9-22(12)16-13-14(17)20-21(3)15(13)18-10-19-16/h10-12H,4-9H2,1-3H3/t12-/m0/s1. The van der Waals surface area contributed by atoms with Crippen LogP contribution in [0.1, 0.15) is 46.0 Å². The molecule has 1 fully saturated rings. The molecule has 0 aliphatic carbocycles. The topological polar surface area (TPSA) is 46.8 Å². The van der Waals surface area contributed by atoms with E-state index in [0.717, 1.165) is 33.9 Å². The summed E-state index contributed by atoms with van der Waals surface area (Å²) in [6.07, 6.45) is 7.99. The number of hydrogen-bond acceptors (Lipinski definition) is 4. The molecule has 3 heterocycles. The Morgan fingerprint density at radius 2 is 2.14 bits per heavy atom. The first kappa shape index (κ1) is 15.7. The first-order chi connectivity index (χ1) is 10.6. The van der Waals surface area contributed by atoms with Gasteiger partial charge in [-0.15, -0.1) is 0 Å². The Morgan fingerprint density at radius 1 is 1.32 bits per heavy atom. The maximum absolute atomic E-state index is 4.61. The Balaban J connectivity index is 1.97. The molecular formula is C16H24BrN5. The van der Waals surface area contributed by atoms with Gasteiger partial charge in [-0.25, -0.2) is 14.6 Å². The second kappa shape index (κ2) is 6.52. The van der Waals surface area contributed by atoms with Crippen molar-refractivity contribution in [3.63, 3.8) is 0 Å². The van der Waals surface area contributed by atoms with Gasteiger partial charge in [-0.05, 0) is 54.0 Å². The van der Waals surface area contributed by atoms with E-state index in [1.807, 2.05) is 11.7 Å². The van der Waals surface area contributed by atoms with E-state index in [0.29, 0.717) is 6.04 Å². The van der Waals surface area contributed by atoms with E-state index in [-0.39, 0.29) is 0 Å². The highest BCUT2D eigenvalue weighted by atomic mass is 79.9. The van der Waals surface area contributed by atoms with Gasteiger partial charge in [-0.2, -0.15) is 5.10 Å². The Labute approximate surface area is 140 Å². The quantitative estimate of drug-likeness (QED) is 0.823. The SMILES string of the molecule is CC(C)CC[C@@H]1CCCCN1c1ncnc2c1c(Br)nn2C. The van der Waals surface area contributed by atoms with Crippen LogP contribution in [0.2, 0.25) is 0 Å². The molecule has 0 radical (unpaired) electrons. The summed E-state index contributed by atoms with van der Waals surface area (Å²) in [7, 11) is 1.93. The second-order valence-electron chi connectivity index (χ2n) is 6.62. The highest BCUT2D eigenvalue weighted by molar-refractivity contribution is 9.10. The van der Waals surface area contributed by atoms with Crippen molar-refractivity contribution >= 4 is 32.8 Å².